The van der Waals surface area contributed by atoms with Crippen LogP contribution in [0.5, 0.6) is 0 Å². The van der Waals surface area contributed by atoms with E-state index < -0.39 is 10.0 Å². The molecule has 2 rings (SSSR count). The lowest BCUT2D eigenvalue weighted by Crippen LogP contribution is -2.57. The van der Waals surface area contributed by atoms with Crippen molar-refractivity contribution in [2.75, 3.05) is 27.2 Å². The molecule has 1 aromatic heterocycles. The first-order valence-corrected chi connectivity index (χ1v) is 9.15. The molecule has 3 N–H and O–H groups in total. The van der Waals surface area contributed by atoms with Gasteiger partial charge in [0.25, 0.3) is 0 Å². The lowest BCUT2D eigenvalue weighted by molar-refractivity contribution is 0.0657. The molecule has 1 aliphatic carbocycles. The molecule has 1 heterocycles. The minimum absolute atomic E-state index is 0.00951. The summed E-state index contributed by atoms with van der Waals surface area (Å²) in [4.78, 5) is 3.15. The quantitative estimate of drug-likeness (QED) is 0.787. The molecule has 0 radical (unpaired) electrons. The van der Waals surface area contributed by atoms with Crippen molar-refractivity contribution in [2.45, 2.75) is 35.4 Å². The maximum absolute atomic E-state index is 12.3. The van der Waals surface area contributed by atoms with E-state index in [1.165, 1.54) is 17.8 Å². The third-order valence-corrected chi connectivity index (χ3v) is 7.15. The Hall–Kier alpha value is -0.470. The summed E-state index contributed by atoms with van der Waals surface area (Å²) in [5.41, 5.74) is 5.48. The van der Waals surface area contributed by atoms with Crippen molar-refractivity contribution in [2.24, 2.45) is 5.73 Å². The normalized spacial score (nSPS) is 18.2. The summed E-state index contributed by atoms with van der Waals surface area (Å²) in [7, 11) is 0.624. The molecule has 1 saturated carbocycles. The smallest absolute Gasteiger partial charge is 0.250 e. The molecule has 0 bridgehead atoms. The summed E-state index contributed by atoms with van der Waals surface area (Å²) in [6, 6.07) is 3.51. The van der Waals surface area contributed by atoms with Crippen LogP contribution in [0.2, 0.25) is 0 Å². The van der Waals surface area contributed by atoms with Gasteiger partial charge in [0, 0.05) is 17.0 Å². The first kappa shape index (κ1) is 15.9. The van der Waals surface area contributed by atoms with Crippen LogP contribution in [-0.2, 0) is 16.4 Å². The van der Waals surface area contributed by atoms with Gasteiger partial charge in [-0.15, -0.1) is 11.3 Å². The Balaban J connectivity index is 2.03. The van der Waals surface area contributed by atoms with Crippen LogP contribution in [0.15, 0.2) is 16.3 Å². The number of sulfonamides is 1. The van der Waals surface area contributed by atoms with E-state index in [1.807, 2.05) is 20.2 Å². The van der Waals surface area contributed by atoms with Crippen LogP contribution in [0.1, 0.15) is 24.1 Å². The Morgan fingerprint density at radius 1 is 1.40 bits per heavy atom. The third-order valence-electron chi connectivity index (χ3n) is 4.12. The highest BCUT2D eigenvalue weighted by molar-refractivity contribution is 7.91. The fourth-order valence-corrected chi connectivity index (χ4v) is 4.98. The lowest BCUT2D eigenvalue weighted by atomic mass is 9.76. The van der Waals surface area contributed by atoms with Gasteiger partial charge in [-0.05, 0) is 58.5 Å². The standard InChI is InChI=1S/C13H23N3O2S2/c1-16(2)13(7-3-8-13)10-15-20(17,18)12-5-4-11(19-12)6-9-14/h4-5,15H,3,6-10,14H2,1-2H3. The van der Waals surface area contributed by atoms with Crippen LogP contribution >= 0.6 is 11.3 Å². The molecule has 1 fully saturated rings. The highest BCUT2D eigenvalue weighted by atomic mass is 32.2. The Kier molecular flexibility index (Phi) is 4.86. The second kappa shape index (κ2) is 6.11. The molecule has 1 aromatic rings. The number of rotatable bonds is 7. The Morgan fingerprint density at radius 2 is 2.10 bits per heavy atom. The van der Waals surface area contributed by atoms with E-state index in [9.17, 15) is 8.42 Å². The average Bonchev–Trinajstić information content (AvgIpc) is 2.76. The van der Waals surface area contributed by atoms with E-state index in [0.29, 0.717) is 17.3 Å². The highest BCUT2D eigenvalue weighted by Gasteiger charge is 2.39. The van der Waals surface area contributed by atoms with Gasteiger partial charge in [0.15, 0.2) is 0 Å². The molecule has 0 spiro atoms. The van der Waals surface area contributed by atoms with E-state index in [0.717, 1.165) is 24.1 Å². The molecule has 0 unspecified atom stereocenters. The van der Waals surface area contributed by atoms with Crippen LogP contribution in [0.25, 0.3) is 0 Å². The van der Waals surface area contributed by atoms with Crippen molar-refractivity contribution in [3.05, 3.63) is 17.0 Å². The van der Waals surface area contributed by atoms with Gasteiger partial charge in [0.2, 0.25) is 10.0 Å². The Labute approximate surface area is 125 Å². The van der Waals surface area contributed by atoms with Gasteiger partial charge >= 0.3 is 0 Å². The summed E-state index contributed by atoms with van der Waals surface area (Å²) < 4.78 is 27.8. The van der Waals surface area contributed by atoms with Crippen molar-refractivity contribution >= 4 is 21.4 Å². The zero-order chi connectivity index (χ0) is 14.8. The molecule has 0 saturated heterocycles. The predicted molar refractivity (Wildman–Crippen MR) is 82.5 cm³/mol. The molecule has 1 aliphatic rings. The molecule has 5 nitrogen and oxygen atoms in total. The van der Waals surface area contributed by atoms with Crippen molar-refractivity contribution in [3.8, 4) is 0 Å². The van der Waals surface area contributed by atoms with E-state index in [1.54, 1.807) is 6.07 Å². The van der Waals surface area contributed by atoms with E-state index >= 15 is 0 Å². The van der Waals surface area contributed by atoms with Crippen LogP contribution in [0.3, 0.4) is 0 Å². The number of thiophene rings is 1. The van der Waals surface area contributed by atoms with Crippen LogP contribution in [0, 0.1) is 0 Å². The zero-order valence-corrected chi connectivity index (χ0v) is 13.7. The summed E-state index contributed by atoms with van der Waals surface area (Å²) >= 11 is 1.30. The molecular formula is C13H23N3O2S2. The van der Waals surface area contributed by atoms with Crippen molar-refractivity contribution in [3.63, 3.8) is 0 Å². The minimum Gasteiger partial charge on any atom is -0.330 e. The summed E-state index contributed by atoms with van der Waals surface area (Å²) in [5, 5.41) is 0. The summed E-state index contributed by atoms with van der Waals surface area (Å²) in [6.07, 6.45) is 3.98. The van der Waals surface area contributed by atoms with Gasteiger partial charge < -0.3 is 10.6 Å². The topological polar surface area (TPSA) is 75.4 Å². The zero-order valence-electron chi connectivity index (χ0n) is 12.1. The van der Waals surface area contributed by atoms with Gasteiger partial charge in [-0.3, -0.25) is 0 Å². The number of nitrogens with one attached hydrogen (secondary N) is 1. The lowest BCUT2D eigenvalue weighted by Gasteiger charge is -2.47. The summed E-state index contributed by atoms with van der Waals surface area (Å²) in [5.74, 6) is 0. The Bertz CT molecular complexity index is 548. The van der Waals surface area contributed by atoms with E-state index in [-0.39, 0.29) is 5.54 Å². The molecule has 20 heavy (non-hydrogen) atoms. The van der Waals surface area contributed by atoms with Gasteiger partial charge in [0.05, 0.1) is 0 Å². The summed E-state index contributed by atoms with van der Waals surface area (Å²) in [6.45, 7) is 1.02. The molecule has 0 aromatic carbocycles. The van der Waals surface area contributed by atoms with E-state index in [4.69, 9.17) is 5.73 Å². The first-order chi connectivity index (χ1) is 9.39. The number of hydrogen-bond donors (Lipinski definition) is 2. The van der Waals surface area contributed by atoms with Gasteiger partial charge in [0.1, 0.15) is 4.21 Å². The number of likely N-dealkylation sites (N-methyl/N-ethyl adjacent to an activating group) is 1. The van der Waals surface area contributed by atoms with Gasteiger partial charge in [-0.2, -0.15) is 0 Å². The predicted octanol–water partition coefficient (Wildman–Crippen LogP) is 1.01. The SMILES string of the molecule is CN(C)C1(CNS(=O)(=O)c2ccc(CCN)s2)CCC1. The van der Waals surface area contributed by atoms with Crippen LogP contribution < -0.4 is 10.5 Å². The fraction of sp³-hybridized carbons (Fsp3) is 0.692. The number of nitrogens with zero attached hydrogens (tertiary/aromatic N) is 1. The monoisotopic (exact) mass is 317 g/mol. The number of hydrogen-bond acceptors (Lipinski definition) is 5. The average molecular weight is 317 g/mol. The second-order valence-electron chi connectivity index (χ2n) is 5.56. The van der Waals surface area contributed by atoms with Gasteiger partial charge in [-0.1, -0.05) is 0 Å². The number of nitrogens with two attached hydrogens (primary N) is 1. The third kappa shape index (κ3) is 3.23. The van der Waals surface area contributed by atoms with E-state index in [2.05, 4.69) is 9.62 Å². The molecule has 0 amide bonds. The maximum atomic E-state index is 12.3. The second-order valence-corrected chi connectivity index (χ2v) is 8.72. The molecule has 7 heteroatoms. The highest BCUT2D eigenvalue weighted by Crippen LogP contribution is 2.35. The molecular weight excluding hydrogens is 294 g/mol. The molecule has 114 valence electrons. The fourth-order valence-electron chi connectivity index (χ4n) is 2.45. The van der Waals surface area contributed by atoms with Crippen molar-refractivity contribution < 1.29 is 8.42 Å². The van der Waals surface area contributed by atoms with Crippen molar-refractivity contribution in [1.29, 1.82) is 0 Å². The van der Waals surface area contributed by atoms with Crippen LogP contribution in [0.4, 0.5) is 0 Å². The minimum atomic E-state index is -3.40. The molecule has 0 aliphatic heterocycles. The van der Waals surface area contributed by atoms with Crippen molar-refractivity contribution in [1.82, 2.24) is 9.62 Å². The first-order valence-electron chi connectivity index (χ1n) is 6.85. The largest absolute Gasteiger partial charge is 0.330 e. The van der Waals surface area contributed by atoms with Gasteiger partial charge in [-0.25, -0.2) is 13.1 Å². The van der Waals surface area contributed by atoms with Crippen LogP contribution in [-0.4, -0.2) is 46.0 Å². The maximum Gasteiger partial charge on any atom is 0.250 e. The molecule has 0 atom stereocenters. The Morgan fingerprint density at radius 3 is 2.60 bits per heavy atom.